The Morgan fingerprint density at radius 3 is 1.75 bits per heavy atom. The molecule has 0 atom stereocenters. The van der Waals surface area contributed by atoms with Crippen molar-refractivity contribution in [3.63, 3.8) is 0 Å². The van der Waals surface area contributed by atoms with Crippen LogP contribution in [0.1, 0.15) is 11.1 Å². The van der Waals surface area contributed by atoms with E-state index in [2.05, 4.69) is 0 Å². The van der Waals surface area contributed by atoms with Crippen molar-refractivity contribution >= 4 is 16.8 Å². The van der Waals surface area contributed by atoms with Crippen LogP contribution in [-0.4, -0.2) is 50.7 Å². The maximum absolute atomic E-state index is 10.6. The summed E-state index contributed by atoms with van der Waals surface area (Å²) in [6.45, 7) is 0. The number of ether oxygens (including phenoxy) is 3. The number of nitrogens with zero attached hydrogens (tertiary/aromatic N) is 1. The molecular weight excluding hydrogens is 362 g/mol. The van der Waals surface area contributed by atoms with E-state index >= 15 is 0 Å². The zero-order valence-corrected chi connectivity index (χ0v) is 16.4. The second kappa shape index (κ2) is 7.26. The first kappa shape index (κ1) is 19.3. The smallest absolute Gasteiger partial charge is 0.203 e. The van der Waals surface area contributed by atoms with Gasteiger partial charge in [-0.15, -0.1) is 0 Å². The number of benzene rings is 2. The maximum Gasteiger partial charge on any atom is 0.203 e. The second-order valence-corrected chi connectivity index (χ2v) is 6.46. The molecule has 1 aliphatic rings. The van der Waals surface area contributed by atoms with Gasteiger partial charge in [0.1, 0.15) is 17.3 Å². The number of aromatic hydroxyl groups is 1. The molecule has 0 unspecified atom stereocenters. The standard InChI is InChI=1S/C21H23NO6/c1-22(2)12-6-7-13(14(23)10-12)18-19(24)17(20(18)25)11-8-15(26-3)21(28-5)16(9-11)27-4/h6-10,23-25H,1-5H3. The van der Waals surface area contributed by atoms with Crippen molar-refractivity contribution in [1.29, 1.82) is 0 Å². The lowest BCUT2D eigenvalue weighted by Gasteiger charge is -2.26. The first-order valence-electron chi connectivity index (χ1n) is 8.52. The van der Waals surface area contributed by atoms with Crippen molar-refractivity contribution in [2.75, 3.05) is 40.3 Å². The summed E-state index contributed by atoms with van der Waals surface area (Å²) in [6, 6.07) is 8.28. The summed E-state index contributed by atoms with van der Waals surface area (Å²) in [4.78, 5) is 1.84. The van der Waals surface area contributed by atoms with Gasteiger partial charge in [0, 0.05) is 31.4 Å². The molecule has 1 aliphatic carbocycles. The molecule has 0 aromatic heterocycles. The Bertz CT molecular complexity index is 965. The molecular formula is C21H23NO6. The van der Waals surface area contributed by atoms with Crippen molar-refractivity contribution < 1.29 is 29.5 Å². The van der Waals surface area contributed by atoms with Gasteiger partial charge in [-0.1, -0.05) is 0 Å². The minimum Gasteiger partial charge on any atom is -0.507 e. The quantitative estimate of drug-likeness (QED) is 0.698. The van der Waals surface area contributed by atoms with Crippen LogP contribution in [0.2, 0.25) is 0 Å². The normalized spacial score (nSPS) is 13.3. The summed E-state index contributed by atoms with van der Waals surface area (Å²) < 4.78 is 15.9. The number of aliphatic hydroxyl groups is 2. The number of aliphatic hydroxyl groups excluding tert-OH is 2. The van der Waals surface area contributed by atoms with Crippen molar-refractivity contribution in [3.05, 3.63) is 53.0 Å². The molecule has 0 radical (unpaired) electrons. The molecule has 3 rings (SSSR count). The molecule has 28 heavy (non-hydrogen) atoms. The fraction of sp³-hybridized carbons (Fsp3) is 0.238. The van der Waals surface area contributed by atoms with Crippen LogP contribution in [-0.2, 0) is 0 Å². The van der Waals surface area contributed by atoms with Crippen LogP contribution in [0, 0.1) is 0 Å². The topological polar surface area (TPSA) is 91.6 Å². The first-order chi connectivity index (χ1) is 13.3. The summed E-state index contributed by atoms with van der Waals surface area (Å²) in [5.41, 5.74) is 2.07. The Balaban J connectivity index is 2.05. The average Bonchev–Trinajstić information content (AvgIpc) is 2.68. The van der Waals surface area contributed by atoms with Gasteiger partial charge in [0.25, 0.3) is 0 Å². The van der Waals surface area contributed by atoms with E-state index in [0.717, 1.165) is 5.69 Å². The summed E-state index contributed by atoms with van der Waals surface area (Å²) >= 11 is 0. The summed E-state index contributed by atoms with van der Waals surface area (Å²) in [5.74, 6) is 0.921. The second-order valence-electron chi connectivity index (χ2n) is 6.46. The predicted octanol–water partition coefficient (Wildman–Crippen LogP) is 3.74. The van der Waals surface area contributed by atoms with Crippen molar-refractivity contribution in [2.24, 2.45) is 0 Å². The van der Waals surface area contributed by atoms with Crippen LogP contribution in [0.5, 0.6) is 23.0 Å². The Kier molecular flexibility index (Phi) is 5.00. The van der Waals surface area contributed by atoms with Gasteiger partial charge in [0.15, 0.2) is 11.5 Å². The third kappa shape index (κ3) is 2.94. The minimum absolute atomic E-state index is 0.0387. The molecule has 0 heterocycles. The van der Waals surface area contributed by atoms with Gasteiger partial charge in [-0.3, -0.25) is 0 Å². The van der Waals surface area contributed by atoms with Gasteiger partial charge >= 0.3 is 0 Å². The number of phenolic OH excluding ortho intramolecular Hbond substituents is 1. The monoisotopic (exact) mass is 385 g/mol. The first-order valence-corrected chi connectivity index (χ1v) is 8.52. The zero-order valence-electron chi connectivity index (χ0n) is 16.4. The molecule has 148 valence electrons. The minimum atomic E-state index is -0.125. The lowest BCUT2D eigenvalue weighted by atomic mass is 9.84. The van der Waals surface area contributed by atoms with E-state index < -0.39 is 0 Å². The van der Waals surface area contributed by atoms with Crippen LogP contribution in [0.15, 0.2) is 41.9 Å². The van der Waals surface area contributed by atoms with Gasteiger partial charge in [-0.25, -0.2) is 0 Å². The molecule has 2 aromatic rings. The van der Waals surface area contributed by atoms with Crippen molar-refractivity contribution in [1.82, 2.24) is 0 Å². The van der Waals surface area contributed by atoms with Gasteiger partial charge in [0.2, 0.25) is 5.75 Å². The summed E-state index contributed by atoms with van der Waals surface area (Å²) in [7, 11) is 8.18. The van der Waals surface area contributed by atoms with E-state index in [4.69, 9.17) is 14.2 Å². The van der Waals surface area contributed by atoms with Crippen LogP contribution >= 0.6 is 0 Å². The van der Waals surface area contributed by atoms with E-state index in [0.29, 0.717) is 28.4 Å². The molecule has 0 amide bonds. The Morgan fingerprint density at radius 2 is 1.32 bits per heavy atom. The van der Waals surface area contributed by atoms with Gasteiger partial charge < -0.3 is 34.4 Å². The molecule has 0 aliphatic heterocycles. The molecule has 0 bridgehead atoms. The lowest BCUT2D eigenvalue weighted by Crippen LogP contribution is -2.12. The van der Waals surface area contributed by atoms with E-state index in [1.807, 2.05) is 19.0 Å². The lowest BCUT2D eigenvalue weighted by molar-refractivity contribution is 0.324. The number of hydrogen-bond donors (Lipinski definition) is 3. The van der Waals surface area contributed by atoms with Crippen molar-refractivity contribution in [2.45, 2.75) is 0 Å². The predicted molar refractivity (Wildman–Crippen MR) is 108 cm³/mol. The van der Waals surface area contributed by atoms with Crippen LogP contribution in [0.3, 0.4) is 0 Å². The highest BCUT2D eigenvalue weighted by Crippen LogP contribution is 2.49. The van der Waals surface area contributed by atoms with Crippen molar-refractivity contribution in [3.8, 4) is 23.0 Å². The molecule has 0 saturated carbocycles. The molecule has 7 nitrogen and oxygen atoms in total. The van der Waals surface area contributed by atoms with Gasteiger partial charge in [-0.05, 0) is 29.8 Å². The third-order valence-electron chi connectivity index (χ3n) is 4.67. The number of anilines is 1. The van der Waals surface area contributed by atoms with E-state index in [1.165, 1.54) is 21.3 Å². The summed E-state index contributed by atoms with van der Waals surface area (Å²) in [6.07, 6.45) is 0. The van der Waals surface area contributed by atoms with Gasteiger partial charge in [0.05, 0.1) is 32.5 Å². The number of rotatable bonds is 6. The molecule has 2 aromatic carbocycles. The summed E-state index contributed by atoms with van der Waals surface area (Å²) in [5, 5.41) is 31.6. The van der Waals surface area contributed by atoms with Crippen LogP contribution < -0.4 is 19.1 Å². The van der Waals surface area contributed by atoms with E-state index in [-0.39, 0.29) is 28.4 Å². The fourth-order valence-electron chi connectivity index (χ4n) is 3.18. The van der Waals surface area contributed by atoms with Gasteiger partial charge in [-0.2, -0.15) is 0 Å². The SMILES string of the molecule is COc1cc(C2=C(O)C(c3ccc(N(C)C)cc3O)=C2O)cc(OC)c1OC. The van der Waals surface area contributed by atoms with Crippen LogP contribution in [0.25, 0.3) is 11.1 Å². The zero-order chi connectivity index (χ0) is 20.6. The average molecular weight is 385 g/mol. The largest absolute Gasteiger partial charge is 0.507 e. The molecule has 0 fully saturated rings. The highest BCUT2D eigenvalue weighted by molar-refractivity contribution is 6.07. The number of hydrogen-bond acceptors (Lipinski definition) is 7. The number of phenols is 1. The van der Waals surface area contributed by atoms with E-state index in [1.54, 1.807) is 30.3 Å². The van der Waals surface area contributed by atoms with E-state index in [9.17, 15) is 15.3 Å². The fourth-order valence-corrected chi connectivity index (χ4v) is 3.18. The molecule has 0 saturated heterocycles. The Labute approximate surface area is 163 Å². The maximum atomic E-state index is 10.6. The molecule has 0 spiro atoms. The number of allylic oxidation sites excluding steroid dienone is 2. The molecule has 3 N–H and O–H groups in total. The Morgan fingerprint density at radius 1 is 0.750 bits per heavy atom. The number of methoxy groups -OCH3 is 3. The highest BCUT2D eigenvalue weighted by atomic mass is 16.5. The Hall–Kier alpha value is -3.48. The van der Waals surface area contributed by atoms with Crippen LogP contribution in [0.4, 0.5) is 5.69 Å². The molecule has 7 heteroatoms. The highest BCUT2D eigenvalue weighted by Gasteiger charge is 2.34. The third-order valence-corrected chi connectivity index (χ3v) is 4.67.